The molecule has 1 heterocycles. The minimum Gasteiger partial charge on any atom is -0.480 e. The van der Waals surface area contributed by atoms with Crippen molar-refractivity contribution in [2.75, 3.05) is 6.54 Å². The molecule has 1 aromatic rings. The maximum absolute atomic E-state index is 12.1. The highest BCUT2D eigenvalue weighted by atomic mass is 16.4. The standard InChI is InChI=1S/C15H19N3O4/c1-9-13(17-9)15(22)18-11(14(21)16-8-12(19)20)7-10-5-3-2-4-6-10/h2-6,9,11,13,17H,7-8H2,1H3,(H,16,21)(H,18,22)(H,19,20)/t9-,11-,13-/m0/s1. The summed E-state index contributed by atoms with van der Waals surface area (Å²) >= 11 is 0. The fourth-order valence-electron chi connectivity index (χ4n) is 2.14. The summed E-state index contributed by atoms with van der Waals surface area (Å²) in [5.41, 5.74) is 0.884. The second kappa shape index (κ2) is 7.04. The normalized spacial score (nSPS) is 20.8. The van der Waals surface area contributed by atoms with Crippen LogP contribution in [0.5, 0.6) is 0 Å². The Hall–Kier alpha value is -2.41. The molecule has 1 fully saturated rings. The third-order valence-corrected chi connectivity index (χ3v) is 3.45. The summed E-state index contributed by atoms with van der Waals surface area (Å²) in [5, 5.41) is 16.6. The van der Waals surface area contributed by atoms with E-state index in [4.69, 9.17) is 5.11 Å². The first-order valence-corrected chi connectivity index (χ1v) is 7.07. The molecule has 22 heavy (non-hydrogen) atoms. The Morgan fingerprint density at radius 2 is 1.91 bits per heavy atom. The molecule has 0 aromatic heterocycles. The van der Waals surface area contributed by atoms with Crippen molar-refractivity contribution in [2.24, 2.45) is 0 Å². The molecule has 3 atom stereocenters. The van der Waals surface area contributed by atoms with Crippen LogP contribution in [-0.2, 0) is 20.8 Å². The van der Waals surface area contributed by atoms with Crippen molar-refractivity contribution in [1.29, 1.82) is 0 Å². The van der Waals surface area contributed by atoms with Gasteiger partial charge in [-0.25, -0.2) is 0 Å². The largest absolute Gasteiger partial charge is 0.480 e. The van der Waals surface area contributed by atoms with Gasteiger partial charge >= 0.3 is 5.97 Å². The van der Waals surface area contributed by atoms with Crippen LogP contribution in [0, 0.1) is 0 Å². The predicted octanol–water partition coefficient (Wildman–Crippen LogP) is -0.725. The SMILES string of the molecule is C[C@@H]1N[C@@H]1C(=O)N[C@@H](Cc1ccccc1)C(=O)NCC(=O)O. The highest BCUT2D eigenvalue weighted by Gasteiger charge is 2.39. The Balaban J connectivity index is 2.00. The number of carbonyl (C=O) groups excluding carboxylic acids is 2. The number of carbonyl (C=O) groups is 3. The van der Waals surface area contributed by atoms with Crippen molar-refractivity contribution in [1.82, 2.24) is 16.0 Å². The molecular formula is C15H19N3O4. The van der Waals surface area contributed by atoms with Crippen LogP contribution in [0.25, 0.3) is 0 Å². The molecule has 118 valence electrons. The van der Waals surface area contributed by atoms with E-state index < -0.39 is 24.5 Å². The lowest BCUT2D eigenvalue weighted by Gasteiger charge is -2.18. The van der Waals surface area contributed by atoms with Crippen molar-refractivity contribution >= 4 is 17.8 Å². The van der Waals surface area contributed by atoms with Gasteiger partial charge in [-0.15, -0.1) is 0 Å². The van der Waals surface area contributed by atoms with Gasteiger partial charge in [-0.2, -0.15) is 0 Å². The van der Waals surface area contributed by atoms with Crippen LogP contribution in [-0.4, -0.2) is 47.6 Å². The van der Waals surface area contributed by atoms with Gasteiger partial charge in [-0.1, -0.05) is 30.3 Å². The van der Waals surface area contributed by atoms with Gasteiger partial charge in [0, 0.05) is 12.5 Å². The van der Waals surface area contributed by atoms with Crippen molar-refractivity contribution < 1.29 is 19.5 Å². The molecular weight excluding hydrogens is 286 g/mol. The number of amides is 2. The van der Waals surface area contributed by atoms with Crippen molar-refractivity contribution in [3.63, 3.8) is 0 Å². The Bertz CT molecular complexity index is 561. The molecule has 0 saturated carbocycles. The molecule has 7 nitrogen and oxygen atoms in total. The van der Waals surface area contributed by atoms with Crippen molar-refractivity contribution in [3.8, 4) is 0 Å². The number of rotatable bonds is 7. The summed E-state index contributed by atoms with van der Waals surface area (Å²) < 4.78 is 0. The summed E-state index contributed by atoms with van der Waals surface area (Å²) in [6.07, 6.45) is 0.305. The molecule has 0 bridgehead atoms. The number of carboxylic acid groups (broad SMARTS) is 1. The fourth-order valence-corrected chi connectivity index (χ4v) is 2.14. The molecule has 1 aromatic carbocycles. The first kappa shape index (κ1) is 16.0. The summed E-state index contributed by atoms with van der Waals surface area (Å²) in [4.78, 5) is 34.6. The van der Waals surface area contributed by atoms with Gasteiger partial charge in [0.05, 0.1) is 0 Å². The van der Waals surface area contributed by atoms with E-state index in [0.29, 0.717) is 6.42 Å². The zero-order valence-electron chi connectivity index (χ0n) is 12.2. The van der Waals surface area contributed by atoms with E-state index in [-0.39, 0.29) is 18.0 Å². The predicted molar refractivity (Wildman–Crippen MR) is 79.1 cm³/mol. The van der Waals surface area contributed by atoms with Gasteiger partial charge < -0.3 is 15.7 Å². The van der Waals surface area contributed by atoms with Crippen LogP contribution in [0.1, 0.15) is 12.5 Å². The second-order valence-corrected chi connectivity index (χ2v) is 5.30. The Morgan fingerprint density at radius 1 is 1.27 bits per heavy atom. The third kappa shape index (κ3) is 4.56. The maximum atomic E-state index is 12.1. The number of aliphatic carboxylic acids is 1. The zero-order chi connectivity index (χ0) is 16.1. The van der Waals surface area contributed by atoms with Crippen LogP contribution in [0.15, 0.2) is 30.3 Å². The highest BCUT2D eigenvalue weighted by Crippen LogP contribution is 2.10. The molecule has 4 N–H and O–H groups in total. The Kier molecular flexibility index (Phi) is 5.11. The van der Waals surface area contributed by atoms with Crippen LogP contribution < -0.4 is 16.0 Å². The van der Waals surface area contributed by atoms with Gasteiger partial charge in [0.2, 0.25) is 11.8 Å². The number of nitrogens with one attached hydrogen (secondary N) is 3. The molecule has 2 amide bonds. The van der Waals surface area contributed by atoms with E-state index >= 15 is 0 Å². The number of hydrogen-bond acceptors (Lipinski definition) is 4. The molecule has 7 heteroatoms. The Morgan fingerprint density at radius 3 is 2.45 bits per heavy atom. The maximum Gasteiger partial charge on any atom is 0.322 e. The lowest BCUT2D eigenvalue weighted by molar-refractivity contribution is -0.138. The molecule has 0 aliphatic carbocycles. The number of benzene rings is 1. The summed E-state index contributed by atoms with van der Waals surface area (Å²) in [6, 6.07) is 8.25. The van der Waals surface area contributed by atoms with Crippen LogP contribution in [0.2, 0.25) is 0 Å². The average Bonchev–Trinajstić information content (AvgIpc) is 3.22. The van der Waals surface area contributed by atoms with Gasteiger partial charge in [-0.3, -0.25) is 19.7 Å². The summed E-state index contributed by atoms with van der Waals surface area (Å²) in [7, 11) is 0. The van der Waals surface area contributed by atoms with Gasteiger partial charge in [-0.05, 0) is 12.5 Å². The first-order chi connectivity index (χ1) is 10.5. The smallest absolute Gasteiger partial charge is 0.322 e. The highest BCUT2D eigenvalue weighted by molar-refractivity contribution is 5.92. The molecule has 1 saturated heterocycles. The minimum absolute atomic E-state index is 0.0967. The number of hydrogen-bond donors (Lipinski definition) is 4. The Labute approximate surface area is 128 Å². The minimum atomic E-state index is -1.13. The van der Waals surface area contributed by atoms with E-state index in [1.807, 2.05) is 37.3 Å². The fraction of sp³-hybridized carbons (Fsp3) is 0.400. The molecule has 0 unspecified atom stereocenters. The van der Waals surface area contributed by atoms with Crippen LogP contribution >= 0.6 is 0 Å². The summed E-state index contributed by atoms with van der Waals surface area (Å²) in [6.45, 7) is 1.40. The molecule has 0 spiro atoms. The first-order valence-electron chi connectivity index (χ1n) is 7.07. The molecule has 1 aliphatic heterocycles. The lowest BCUT2D eigenvalue weighted by atomic mass is 10.0. The number of carboxylic acids is 1. The van der Waals surface area contributed by atoms with E-state index in [9.17, 15) is 14.4 Å². The zero-order valence-corrected chi connectivity index (χ0v) is 12.2. The van der Waals surface area contributed by atoms with E-state index in [0.717, 1.165) is 5.56 Å². The van der Waals surface area contributed by atoms with Crippen molar-refractivity contribution in [3.05, 3.63) is 35.9 Å². The quantitative estimate of drug-likeness (QED) is 0.496. The summed E-state index contributed by atoms with van der Waals surface area (Å²) in [5.74, 6) is -1.89. The van der Waals surface area contributed by atoms with E-state index in [1.165, 1.54) is 0 Å². The van der Waals surface area contributed by atoms with Gasteiger partial charge in [0.1, 0.15) is 18.6 Å². The van der Waals surface area contributed by atoms with Crippen LogP contribution in [0.3, 0.4) is 0 Å². The van der Waals surface area contributed by atoms with Gasteiger partial charge in [0.25, 0.3) is 0 Å². The van der Waals surface area contributed by atoms with Crippen LogP contribution in [0.4, 0.5) is 0 Å². The molecule has 1 aliphatic rings. The third-order valence-electron chi connectivity index (χ3n) is 3.45. The molecule has 0 radical (unpaired) electrons. The topological polar surface area (TPSA) is 117 Å². The van der Waals surface area contributed by atoms with Crippen molar-refractivity contribution in [2.45, 2.75) is 31.5 Å². The van der Waals surface area contributed by atoms with E-state index in [2.05, 4.69) is 16.0 Å². The average molecular weight is 305 g/mol. The monoisotopic (exact) mass is 305 g/mol. The molecule has 2 rings (SSSR count). The van der Waals surface area contributed by atoms with E-state index in [1.54, 1.807) is 0 Å². The lowest BCUT2D eigenvalue weighted by Crippen LogP contribution is -2.50. The van der Waals surface area contributed by atoms with Gasteiger partial charge in [0.15, 0.2) is 0 Å². The second-order valence-electron chi connectivity index (χ2n) is 5.30.